The van der Waals surface area contributed by atoms with Crippen molar-refractivity contribution in [2.75, 3.05) is 12.4 Å². The average Bonchev–Trinajstić information content (AvgIpc) is 2.51. The number of carbonyl (C=O) groups excluding carboxylic acids is 1. The molecule has 1 rings (SSSR count). The molecule has 0 saturated heterocycles. The number of aliphatic hydroxyl groups excluding tert-OH is 1. The Morgan fingerprint density at radius 1 is 1.32 bits per heavy atom. The van der Waals surface area contributed by atoms with Crippen molar-refractivity contribution in [3.8, 4) is 0 Å². The predicted molar refractivity (Wildman–Crippen MR) is 111 cm³/mol. The number of aliphatic hydroxyl groups is 1. The Bertz CT molecular complexity index is 491. The number of carbonyl (C=O) groups is 1. The normalized spacial score (nSPS) is 21.4. The van der Waals surface area contributed by atoms with E-state index in [2.05, 4.69) is 25.9 Å². The fourth-order valence-electron chi connectivity index (χ4n) is 3.19. The highest BCUT2D eigenvalue weighted by atomic mass is 32.2. The maximum Gasteiger partial charge on any atom is 0.168 e. The van der Waals surface area contributed by atoms with Gasteiger partial charge in [0.05, 0.1) is 11.3 Å². The standard InChI is InChI=1S/C19H33NO3S2/c1-6-9-16(20-23-7-2)19-17(21)11-15(12-18(19)22)10-13(4)25-14(5)24-8-3/h13-15,21H,6-12H2,1-5H3. The van der Waals surface area contributed by atoms with Crippen LogP contribution in [0.5, 0.6) is 0 Å². The van der Waals surface area contributed by atoms with Crippen molar-refractivity contribution in [1.29, 1.82) is 0 Å². The summed E-state index contributed by atoms with van der Waals surface area (Å²) in [7, 11) is 0. The zero-order valence-electron chi connectivity index (χ0n) is 16.2. The van der Waals surface area contributed by atoms with Crippen LogP contribution in [0, 0.1) is 5.92 Å². The molecule has 0 spiro atoms. The number of oxime groups is 1. The van der Waals surface area contributed by atoms with Gasteiger partial charge in [-0.2, -0.15) is 0 Å². The third-order valence-corrected chi connectivity index (χ3v) is 6.68. The zero-order chi connectivity index (χ0) is 18.8. The second kappa shape index (κ2) is 11.9. The van der Waals surface area contributed by atoms with E-state index < -0.39 is 0 Å². The van der Waals surface area contributed by atoms with Crippen LogP contribution in [0.2, 0.25) is 0 Å². The molecule has 0 amide bonds. The predicted octanol–water partition coefficient (Wildman–Crippen LogP) is 5.58. The lowest BCUT2D eigenvalue weighted by Crippen LogP contribution is -2.26. The summed E-state index contributed by atoms with van der Waals surface area (Å²) in [5.74, 6) is 1.54. The van der Waals surface area contributed by atoms with Crippen LogP contribution in [-0.4, -0.2) is 38.8 Å². The number of ketones is 1. The van der Waals surface area contributed by atoms with Gasteiger partial charge in [-0.15, -0.1) is 23.5 Å². The number of hydrogen-bond donors (Lipinski definition) is 1. The molecule has 0 bridgehead atoms. The lowest BCUT2D eigenvalue weighted by atomic mass is 9.82. The summed E-state index contributed by atoms with van der Waals surface area (Å²) in [6, 6.07) is 0. The molecule has 1 aliphatic rings. The van der Waals surface area contributed by atoms with Gasteiger partial charge in [0.1, 0.15) is 12.4 Å². The van der Waals surface area contributed by atoms with Crippen LogP contribution in [0.25, 0.3) is 0 Å². The quantitative estimate of drug-likeness (QED) is 0.285. The lowest BCUT2D eigenvalue weighted by molar-refractivity contribution is -0.116. The molecule has 0 radical (unpaired) electrons. The number of nitrogens with zero attached hydrogens (tertiary/aromatic N) is 1. The van der Waals surface area contributed by atoms with E-state index in [1.807, 2.05) is 37.4 Å². The minimum absolute atomic E-state index is 0.00818. The van der Waals surface area contributed by atoms with Gasteiger partial charge in [-0.05, 0) is 38.4 Å². The summed E-state index contributed by atoms with van der Waals surface area (Å²) in [4.78, 5) is 17.8. The van der Waals surface area contributed by atoms with Crippen molar-refractivity contribution in [2.24, 2.45) is 11.1 Å². The van der Waals surface area contributed by atoms with Gasteiger partial charge in [0.2, 0.25) is 0 Å². The van der Waals surface area contributed by atoms with Gasteiger partial charge in [0, 0.05) is 22.7 Å². The molecule has 0 saturated carbocycles. The monoisotopic (exact) mass is 387 g/mol. The fourth-order valence-corrected chi connectivity index (χ4v) is 5.99. The van der Waals surface area contributed by atoms with Crippen LogP contribution in [-0.2, 0) is 9.63 Å². The Hall–Kier alpha value is -0.620. The third-order valence-electron chi connectivity index (χ3n) is 4.09. The summed E-state index contributed by atoms with van der Waals surface area (Å²) in [5.41, 5.74) is 1.00. The topological polar surface area (TPSA) is 58.9 Å². The Morgan fingerprint density at radius 2 is 2.04 bits per heavy atom. The highest BCUT2D eigenvalue weighted by Gasteiger charge is 2.31. The minimum atomic E-state index is 0.00818. The second-order valence-corrected chi connectivity index (χ2v) is 10.1. The first-order valence-corrected chi connectivity index (χ1v) is 11.3. The van der Waals surface area contributed by atoms with Crippen molar-refractivity contribution >= 4 is 35.0 Å². The van der Waals surface area contributed by atoms with Gasteiger partial charge < -0.3 is 9.94 Å². The van der Waals surface area contributed by atoms with E-state index in [4.69, 9.17) is 4.84 Å². The Morgan fingerprint density at radius 3 is 2.60 bits per heavy atom. The first kappa shape index (κ1) is 22.4. The van der Waals surface area contributed by atoms with E-state index >= 15 is 0 Å². The van der Waals surface area contributed by atoms with Crippen LogP contribution in [0.4, 0.5) is 0 Å². The first-order valence-electron chi connectivity index (χ1n) is 9.34. The molecule has 0 heterocycles. The van der Waals surface area contributed by atoms with E-state index in [1.165, 1.54) is 0 Å². The third kappa shape index (κ3) is 7.65. The van der Waals surface area contributed by atoms with Crippen molar-refractivity contribution in [2.45, 2.75) is 76.6 Å². The lowest BCUT2D eigenvalue weighted by Gasteiger charge is -2.26. The Balaban J connectivity index is 2.75. The summed E-state index contributed by atoms with van der Waals surface area (Å²) < 4.78 is 0.563. The molecule has 0 aliphatic heterocycles. The zero-order valence-corrected chi connectivity index (χ0v) is 17.8. The van der Waals surface area contributed by atoms with Gasteiger partial charge in [-0.1, -0.05) is 32.3 Å². The summed E-state index contributed by atoms with van der Waals surface area (Å²) in [6.45, 7) is 11.0. The van der Waals surface area contributed by atoms with Crippen molar-refractivity contribution < 1.29 is 14.7 Å². The molecule has 0 aromatic carbocycles. The molecule has 0 fully saturated rings. The molecule has 144 valence electrons. The average molecular weight is 388 g/mol. The highest BCUT2D eigenvalue weighted by molar-refractivity contribution is 8.17. The maximum atomic E-state index is 12.6. The number of thioether (sulfide) groups is 2. The van der Waals surface area contributed by atoms with Gasteiger partial charge in [-0.3, -0.25) is 4.79 Å². The fraction of sp³-hybridized carbons (Fsp3) is 0.789. The van der Waals surface area contributed by atoms with E-state index in [1.54, 1.807) is 0 Å². The molecular formula is C19H33NO3S2. The molecule has 4 nitrogen and oxygen atoms in total. The van der Waals surface area contributed by atoms with E-state index in [-0.39, 0.29) is 17.5 Å². The Kier molecular flexibility index (Phi) is 10.7. The highest BCUT2D eigenvalue weighted by Crippen LogP contribution is 2.35. The number of Topliss-reactive ketones (excluding diaryl/α,β-unsaturated/α-hetero) is 1. The second-order valence-electron chi connectivity index (χ2n) is 6.43. The largest absolute Gasteiger partial charge is 0.511 e. The Labute approximate surface area is 161 Å². The molecule has 6 heteroatoms. The maximum absolute atomic E-state index is 12.6. The summed E-state index contributed by atoms with van der Waals surface area (Å²) >= 11 is 3.90. The van der Waals surface area contributed by atoms with Crippen molar-refractivity contribution in [3.05, 3.63) is 11.3 Å². The van der Waals surface area contributed by atoms with E-state index in [0.717, 1.165) is 18.6 Å². The molecular weight excluding hydrogens is 354 g/mol. The minimum Gasteiger partial charge on any atom is -0.511 e. The van der Waals surface area contributed by atoms with Crippen LogP contribution < -0.4 is 0 Å². The van der Waals surface area contributed by atoms with Crippen molar-refractivity contribution in [1.82, 2.24) is 0 Å². The number of allylic oxidation sites excluding steroid dienone is 2. The van der Waals surface area contributed by atoms with Crippen molar-refractivity contribution in [3.63, 3.8) is 0 Å². The molecule has 0 aromatic heterocycles. The number of rotatable bonds is 11. The smallest absolute Gasteiger partial charge is 0.168 e. The van der Waals surface area contributed by atoms with Crippen LogP contribution >= 0.6 is 23.5 Å². The molecule has 3 atom stereocenters. The van der Waals surface area contributed by atoms with Gasteiger partial charge in [-0.25, -0.2) is 0 Å². The summed E-state index contributed by atoms with van der Waals surface area (Å²) in [5, 5.41) is 15.0. The first-order chi connectivity index (χ1) is 11.9. The summed E-state index contributed by atoms with van der Waals surface area (Å²) in [6.07, 6.45) is 3.52. The van der Waals surface area contributed by atoms with Crippen LogP contribution in [0.15, 0.2) is 16.5 Å². The van der Waals surface area contributed by atoms with E-state index in [0.29, 0.717) is 47.0 Å². The van der Waals surface area contributed by atoms with Gasteiger partial charge in [0.15, 0.2) is 5.78 Å². The van der Waals surface area contributed by atoms with Crippen LogP contribution in [0.1, 0.15) is 66.7 Å². The molecule has 3 unspecified atom stereocenters. The molecule has 25 heavy (non-hydrogen) atoms. The van der Waals surface area contributed by atoms with Gasteiger partial charge >= 0.3 is 0 Å². The molecule has 1 aliphatic carbocycles. The SMILES string of the molecule is CCCC(=NOCC)C1=C(O)CC(CC(C)SC(C)SCC)CC1=O. The van der Waals surface area contributed by atoms with Crippen LogP contribution in [0.3, 0.4) is 0 Å². The van der Waals surface area contributed by atoms with Gasteiger partial charge in [0.25, 0.3) is 0 Å². The molecule has 1 N–H and O–H groups in total. The number of hydrogen-bond acceptors (Lipinski definition) is 6. The molecule has 0 aromatic rings. The van der Waals surface area contributed by atoms with E-state index in [9.17, 15) is 9.90 Å².